The molecule has 2 atom stereocenters. The maximum Gasteiger partial charge on any atom is 0.319 e. The number of aliphatic carboxylic acids is 1. The molecule has 37 heavy (non-hydrogen) atoms. The highest BCUT2D eigenvalue weighted by Crippen LogP contribution is 2.23. The van der Waals surface area contributed by atoms with Gasteiger partial charge in [-0.1, -0.05) is 59.1 Å². The first-order chi connectivity index (χ1) is 17.6. The van der Waals surface area contributed by atoms with Gasteiger partial charge in [0, 0.05) is 23.5 Å². The zero-order valence-corrected chi connectivity index (χ0v) is 20.9. The molecular formula is C24H24ClN4O7S-. The summed E-state index contributed by atoms with van der Waals surface area (Å²) >= 11 is 3.90. The monoisotopic (exact) mass is 547 g/mol. The van der Waals surface area contributed by atoms with Gasteiger partial charge in [-0.2, -0.15) is 0 Å². The fraction of sp³-hybridized carbons (Fsp3) is 0.208. The van der Waals surface area contributed by atoms with Gasteiger partial charge in [-0.25, -0.2) is 4.79 Å². The number of carboxylic acids is 1. The van der Waals surface area contributed by atoms with E-state index in [1.807, 2.05) is 0 Å². The molecule has 13 heteroatoms. The highest BCUT2D eigenvalue weighted by Gasteiger charge is 2.20. The molecule has 3 aromatic rings. The van der Waals surface area contributed by atoms with Crippen LogP contribution in [0, 0.1) is 0 Å². The topological polar surface area (TPSA) is 187 Å². The van der Waals surface area contributed by atoms with E-state index in [4.69, 9.17) is 17.3 Å². The number of nitrogens with zero attached hydrogens (tertiary/aromatic N) is 1. The molecule has 0 aliphatic carbocycles. The third-order valence-corrected chi connectivity index (χ3v) is 6.36. The number of carbonyl (C=O) groups excluding carboxylic acids is 1. The molecule has 0 bridgehead atoms. The fourth-order valence-corrected chi connectivity index (χ4v) is 4.22. The van der Waals surface area contributed by atoms with E-state index in [0.717, 1.165) is 5.56 Å². The van der Waals surface area contributed by atoms with Crippen LogP contribution >= 0.6 is 11.6 Å². The van der Waals surface area contributed by atoms with Gasteiger partial charge < -0.3 is 35.7 Å². The van der Waals surface area contributed by atoms with Gasteiger partial charge in [-0.05, 0) is 34.4 Å². The molecule has 0 saturated heterocycles. The number of hydrogen-bond donors (Lipinski definition) is 5. The number of halogens is 1. The van der Waals surface area contributed by atoms with Crippen molar-refractivity contribution in [2.75, 3.05) is 5.32 Å². The van der Waals surface area contributed by atoms with E-state index in [2.05, 4.69) is 10.6 Å². The number of nitrogens with one attached hydrogen (secondary N) is 2. The first kappa shape index (κ1) is 27.9. The van der Waals surface area contributed by atoms with E-state index in [1.165, 1.54) is 22.9 Å². The number of hydrogen-bond acceptors (Lipinski definition) is 7. The minimum Gasteiger partial charge on any atom is -0.772 e. The average Bonchev–Trinajstić information content (AvgIpc) is 2.84. The Bertz CT molecular complexity index is 1380. The van der Waals surface area contributed by atoms with Crippen molar-refractivity contribution < 1.29 is 28.6 Å². The second kappa shape index (κ2) is 12.5. The van der Waals surface area contributed by atoms with Crippen LogP contribution in [-0.4, -0.2) is 35.5 Å². The number of aromatic hydroxyl groups is 1. The summed E-state index contributed by atoms with van der Waals surface area (Å²) in [4.78, 5) is 37.1. The first-order valence-corrected chi connectivity index (χ1v) is 12.5. The van der Waals surface area contributed by atoms with Crippen LogP contribution in [0.2, 0.25) is 5.02 Å². The number of amides is 2. The first-order valence-electron chi connectivity index (χ1n) is 10.9. The van der Waals surface area contributed by atoms with Crippen LogP contribution in [0.4, 0.5) is 10.5 Å². The Balaban J connectivity index is 1.82. The third-order valence-electron chi connectivity index (χ3n) is 5.42. The van der Waals surface area contributed by atoms with Gasteiger partial charge in [-0.15, -0.1) is 0 Å². The minimum atomic E-state index is -2.31. The van der Waals surface area contributed by atoms with Gasteiger partial charge in [0.2, 0.25) is 0 Å². The molecule has 1 aromatic heterocycles. The molecule has 0 radical (unpaired) electrons. The van der Waals surface area contributed by atoms with Crippen LogP contribution in [0.25, 0.3) is 0 Å². The van der Waals surface area contributed by atoms with Crippen molar-refractivity contribution in [3.63, 3.8) is 0 Å². The van der Waals surface area contributed by atoms with Crippen LogP contribution in [0.3, 0.4) is 0 Å². The molecular weight excluding hydrogens is 524 g/mol. The molecule has 0 saturated carbocycles. The quantitative estimate of drug-likeness (QED) is 0.239. The molecule has 6 N–H and O–H groups in total. The zero-order valence-electron chi connectivity index (χ0n) is 19.3. The average molecular weight is 548 g/mol. The maximum absolute atomic E-state index is 13.0. The molecule has 1 unspecified atom stereocenters. The Morgan fingerprint density at radius 1 is 1.14 bits per heavy atom. The lowest BCUT2D eigenvalue weighted by Crippen LogP contribution is -2.36. The maximum atomic E-state index is 13.0. The summed E-state index contributed by atoms with van der Waals surface area (Å²) in [6.45, 7) is 0.230. The highest BCUT2D eigenvalue weighted by molar-refractivity contribution is 7.78. The number of aromatic nitrogens is 1. The minimum absolute atomic E-state index is 0.0668. The molecule has 11 nitrogen and oxygen atoms in total. The van der Waals surface area contributed by atoms with Crippen LogP contribution in [-0.2, 0) is 34.7 Å². The molecule has 0 fully saturated rings. The van der Waals surface area contributed by atoms with Gasteiger partial charge in [0.1, 0.15) is 5.75 Å². The number of carbonyl (C=O) groups is 2. The second-order valence-corrected chi connectivity index (χ2v) is 9.38. The zero-order chi connectivity index (χ0) is 27.1. The molecule has 2 amide bonds. The summed E-state index contributed by atoms with van der Waals surface area (Å²) in [6.07, 6.45) is 0.866. The summed E-state index contributed by atoms with van der Waals surface area (Å²) in [5.41, 5.74) is 6.66. The van der Waals surface area contributed by atoms with Crippen molar-refractivity contribution in [1.29, 1.82) is 0 Å². The van der Waals surface area contributed by atoms with Crippen molar-refractivity contribution in [3.05, 3.63) is 92.4 Å². The molecule has 2 aromatic carbocycles. The Morgan fingerprint density at radius 3 is 2.43 bits per heavy atom. The van der Waals surface area contributed by atoms with Crippen molar-refractivity contribution in [2.24, 2.45) is 5.73 Å². The predicted molar refractivity (Wildman–Crippen MR) is 137 cm³/mol. The predicted octanol–water partition coefficient (Wildman–Crippen LogP) is 2.43. The molecule has 0 aliphatic heterocycles. The number of pyridine rings is 1. The lowest BCUT2D eigenvalue weighted by molar-refractivity contribution is -0.137. The van der Waals surface area contributed by atoms with Crippen LogP contribution in [0.15, 0.2) is 59.5 Å². The summed E-state index contributed by atoms with van der Waals surface area (Å²) in [7, 11) is 0. The number of benzene rings is 2. The van der Waals surface area contributed by atoms with E-state index in [0.29, 0.717) is 28.3 Å². The Morgan fingerprint density at radius 2 is 1.81 bits per heavy atom. The highest BCUT2D eigenvalue weighted by atomic mass is 35.5. The summed E-state index contributed by atoms with van der Waals surface area (Å²) in [6, 6.07) is 10.7. The van der Waals surface area contributed by atoms with Gasteiger partial charge in [0.25, 0.3) is 5.56 Å². The van der Waals surface area contributed by atoms with Crippen LogP contribution in [0.1, 0.15) is 34.7 Å². The van der Waals surface area contributed by atoms with E-state index < -0.39 is 52.5 Å². The number of rotatable bonds is 10. The summed E-state index contributed by atoms with van der Waals surface area (Å²) in [5, 5.41) is 24.6. The molecule has 3 rings (SSSR count). The summed E-state index contributed by atoms with van der Waals surface area (Å²) < 4.78 is 23.2. The number of urea groups is 1. The Kier molecular flexibility index (Phi) is 9.42. The van der Waals surface area contributed by atoms with Crippen molar-refractivity contribution in [1.82, 2.24) is 9.88 Å². The van der Waals surface area contributed by atoms with Gasteiger partial charge in [-0.3, -0.25) is 13.8 Å². The standard InChI is InChI=1S/C24H25ClN4O7S/c25-18-6-3-15(13-37(35)36)9-17(18)12-29-8-7-20(30)22(23(29)33)28-24(34)27-19(10-21(31)32)16-4-1-14(11-26)2-5-16/h1-9,19,30H,10-13,26H2,(H,31,32)(H,35,36)(H2,27,28,34)/p-1/t19-/m0/s1. The molecule has 0 aliphatic rings. The van der Waals surface area contributed by atoms with E-state index in [9.17, 15) is 33.4 Å². The molecule has 0 spiro atoms. The normalized spacial score (nSPS) is 12.5. The molecule has 196 valence electrons. The van der Waals surface area contributed by atoms with E-state index >= 15 is 0 Å². The summed E-state index contributed by atoms with van der Waals surface area (Å²) in [5.74, 6) is -1.88. The lowest BCUT2D eigenvalue weighted by atomic mass is 10.0. The Labute approximate surface area is 219 Å². The van der Waals surface area contributed by atoms with Crippen LogP contribution < -0.4 is 21.9 Å². The van der Waals surface area contributed by atoms with Crippen molar-refractivity contribution in [2.45, 2.75) is 31.3 Å². The molecule has 1 heterocycles. The largest absolute Gasteiger partial charge is 0.772 e. The number of anilines is 1. The fourth-order valence-electron chi connectivity index (χ4n) is 3.59. The van der Waals surface area contributed by atoms with Crippen LogP contribution in [0.5, 0.6) is 5.75 Å². The third kappa shape index (κ3) is 7.64. The SMILES string of the molecule is NCc1ccc([C@H](CC(=O)O)NC(=O)Nc2c(O)ccn(Cc3cc(CS(=O)[O-])ccc3Cl)c2=O)cc1. The van der Waals surface area contributed by atoms with E-state index in [1.54, 1.807) is 36.4 Å². The van der Waals surface area contributed by atoms with Crippen molar-refractivity contribution in [3.8, 4) is 5.75 Å². The van der Waals surface area contributed by atoms with Gasteiger partial charge in [0.15, 0.2) is 5.69 Å². The second-order valence-electron chi connectivity index (χ2n) is 8.08. The number of carboxylic acid groups (broad SMARTS) is 1. The Hall–Kier alpha value is -3.71. The van der Waals surface area contributed by atoms with Crippen molar-refractivity contribution >= 4 is 40.4 Å². The van der Waals surface area contributed by atoms with Gasteiger partial charge in [0.05, 0.1) is 19.0 Å². The smallest absolute Gasteiger partial charge is 0.319 e. The van der Waals surface area contributed by atoms with E-state index in [-0.39, 0.29) is 12.3 Å². The number of nitrogens with two attached hydrogens (primary N) is 1. The lowest BCUT2D eigenvalue weighted by Gasteiger charge is -2.19. The van der Waals surface area contributed by atoms with Gasteiger partial charge >= 0.3 is 12.0 Å².